The van der Waals surface area contributed by atoms with Gasteiger partial charge in [0.15, 0.2) is 0 Å². The van der Waals surface area contributed by atoms with Crippen molar-refractivity contribution in [2.45, 2.75) is 30.6 Å². The van der Waals surface area contributed by atoms with Gasteiger partial charge in [-0.2, -0.15) is 5.26 Å². The van der Waals surface area contributed by atoms with Crippen LogP contribution in [0.15, 0.2) is 11.0 Å². The highest BCUT2D eigenvalue weighted by Crippen LogP contribution is 2.34. The third-order valence-electron chi connectivity index (χ3n) is 2.70. The Balaban J connectivity index is 2.70. The van der Waals surface area contributed by atoms with E-state index in [-0.39, 0.29) is 22.0 Å². The molecule has 4 nitrogen and oxygen atoms in total. The highest BCUT2D eigenvalue weighted by molar-refractivity contribution is 9.09. The van der Waals surface area contributed by atoms with E-state index in [2.05, 4.69) is 20.9 Å². The summed E-state index contributed by atoms with van der Waals surface area (Å²) in [6, 6.07) is 2.00. The van der Waals surface area contributed by atoms with Crippen molar-refractivity contribution in [3.8, 4) is 6.07 Å². The van der Waals surface area contributed by atoms with Crippen molar-refractivity contribution in [2.75, 3.05) is 0 Å². The lowest BCUT2D eigenvalue weighted by atomic mass is 10.1. The zero-order valence-corrected chi connectivity index (χ0v) is 9.86. The van der Waals surface area contributed by atoms with Gasteiger partial charge < -0.3 is 0 Å². The normalized spacial score (nSPS) is 24.3. The van der Waals surface area contributed by atoms with Gasteiger partial charge in [-0.15, -0.1) is 0 Å². The molecule has 0 radical (unpaired) electrons. The molecule has 0 N–H and O–H groups in total. The van der Waals surface area contributed by atoms with E-state index >= 15 is 0 Å². The molecule has 1 aromatic heterocycles. The van der Waals surface area contributed by atoms with Crippen molar-refractivity contribution >= 4 is 15.9 Å². The van der Waals surface area contributed by atoms with E-state index in [1.807, 2.05) is 13.0 Å². The monoisotopic (exact) mass is 267 g/mol. The quantitative estimate of drug-likeness (QED) is 0.675. The van der Waals surface area contributed by atoms with Crippen molar-refractivity contribution < 1.29 is 0 Å². The molecule has 1 aromatic rings. The van der Waals surface area contributed by atoms with Crippen LogP contribution in [0.2, 0.25) is 0 Å². The Hall–Kier alpha value is -1.15. The molecule has 2 unspecified atom stereocenters. The fraction of sp³-hybridized carbons (Fsp3) is 0.500. The highest BCUT2D eigenvalue weighted by atomic mass is 79.9. The largest absolute Gasteiger partial charge is 0.292 e. The van der Waals surface area contributed by atoms with Crippen LogP contribution in [-0.4, -0.2) is 9.55 Å². The molecule has 5 heteroatoms. The Bertz CT molecular complexity index is 488. The molecule has 0 amide bonds. The maximum Gasteiger partial charge on any atom is 0.271 e. The van der Waals surface area contributed by atoms with Crippen molar-refractivity contribution in [3.05, 3.63) is 27.9 Å². The lowest BCUT2D eigenvalue weighted by molar-refractivity contribution is 0.402. The molecular formula is C10H10BrN3O. The number of alkyl halides is 1. The van der Waals surface area contributed by atoms with Gasteiger partial charge in [0.2, 0.25) is 0 Å². The fourth-order valence-corrected chi connectivity index (χ4v) is 2.47. The average molecular weight is 268 g/mol. The van der Waals surface area contributed by atoms with Gasteiger partial charge in [-0.25, -0.2) is 4.98 Å². The van der Waals surface area contributed by atoms with Gasteiger partial charge in [-0.3, -0.25) is 9.36 Å². The number of halogens is 1. The first kappa shape index (κ1) is 10.4. The van der Waals surface area contributed by atoms with Gasteiger partial charge in [0.25, 0.3) is 5.56 Å². The summed E-state index contributed by atoms with van der Waals surface area (Å²) in [5.74, 6) is 0.734. The summed E-state index contributed by atoms with van der Waals surface area (Å²) in [4.78, 5) is 16.2. The second-order valence-electron chi connectivity index (χ2n) is 3.71. The standard InChI is InChI=1S/C10H10BrN3O/c1-6-2-3-8(11)9-13-5-7(4-12)10(15)14(6)9/h5-6,8H,2-3H2,1H3. The Morgan fingerprint density at radius 2 is 2.40 bits per heavy atom. The first-order chi connectivity index (χ1) is 7.15. The summed E-state index contributed by atoms with van der Waals surface area (Å²) < 4.78 is 1.63. The van der Waals surface area contributed by atoms with E-state index in [9.17, 15) is 4.79 Å². The first-order valence-corrected chi connectivity index (χ1v) is 5.72. The summed E-state index contributed by atoms with van der Waals surface area (Å²) in [5.41, 5.74) is -0.105. The number of rotatable bonds is 0. The average Bonchev–Trinajstić information content (AvgIpc) is 2.23. The van der Waals surface area contributed by atoms with Crippen molar-refractivity contribution in [3.63, 3.8) is 0 Å². The minimum Gasteiger partial charge on any atom is -0.292 e. The van der Waals surface area contributed by atoms with Crippen molar-refractivity contribution in [2.24, 2.45) is 0 Å². The summed E-state index contributed by atoms with van der Waals surface area (Å²) in [5, 5.41) is 8.76. The summed E-state index contributed by atoms with van der Waals surface area (Å²) in [7, 11) is 0. The fourth-order valence-electron chi connectivity index (χ4n) is 1.86. The predicted molar refractivity (Wildman–Crippen MR) is 58.8 cm³/mol. The second kappa shape index (κ2) is 3.78. The van der Waals surface area contributed by atoms with Gasteiger partial charge in [0, 0.05) is 6.04 Å². The third-order valence-corrected chi connectivity index (χ3v) is 3.57. The van der Waals surface area contributed by atoms with E-state index in [0.717, 1.165) is 18.7 Å². The molecule has 0 bridgehead atoms. The van der Waals surface area contributed by atoms with Crippen molar-refractivity contribution in [1.82, 2.24) is 9.55 Å². The summed E-state index contributed by atoms with van der Waals surface area (Å²) >= 11 is 3.49. The van der Waals surface area contributed by atoms with Gasteiger partial charge in [-0.1, -0.05) is 15.9 Å². The highest BCUT2D eigenvalue weighted by Gasteiger charge is 2.25. The molecular weight excluding hydrogens is 258 g/mol. The lowest BCUT2D eigenvalue weighted by Gasteiger charge is -2.27. The molecule has 0 fully saturated rings. The molecule has 0 saturated heterocycles. The third kappa shape index (κ3) is 1.59. The topological polar surface area (TPSA) is 58.7 Å². The maximum atomic E-state index is 11.9. The predicted octanol–water partition coefficient (Wildman–Crippen LogP) is 1.91. The molecule has 0 aromatic carbocycles. The van der Waals surface area contributed by atoms with Crippen LogP contribution in [0.25, 0.3) is 0 Å². The molecule has 0 saturated carbocycles. The molecule has 1 aliphatic rings. The molecule has 78 valence electrons. The van der Waals surface area contributed by atoms with Gasteiger partial charge in [-0.05, 0) is 19.8 Å². The van der Waals surface area contributed by atoms with Crippen LogP contribution in [-0.2, 0) is 0 Å². The Labute approximate surface area is 95.7 Å². The molecule has 1 aliphatic heterocycles. The molecule has 2 heterocycles. The first-order valence-electron chi connectivity index (χ1n) is 4.80. The van der Waals surface area contributed by atoms with Crippen LogP contribution in [0.3, 0.4) is 0 Å². The Morgan fingerprint density at radius 3 is 3.07 bits per heavy atom. The van der Waals surface area contributed by atoms with E-state index in [4.69, 9.17) is 5.26 Å². The molecule has 2 rings (SSSR count). The Morgan fingerprint density at radius 1 is 1.67 bits per heavy atom. The van der Waals surface area contributed by atoms with Gasteiger partial charge in [0.05, 0.1) is 11.0 Å². The van der Waals surface area contributed by atoms with Crippen LogP contribution in [0.5, 0.6) is 0 Å². The number of aromatic nitrogens is 2. The second-order valence-corrected chi connectivity index (χ2v) is 4.82. The zero-order valence-electron chi connectivity index (χ0n) is 8.27. The number of hydrogen-bond acceptors (Lipinski definition) is 3. The van der Waals surface area contributed by atoms with Crippen LogP contribution >= 0.6 is 15.9 Å². The maximum absolute atomic E-state index is 11.9. The lowest BCUT2D eigenvalue weighted by Crippen LogP contribution is -2.32. The van der Waals surface area contributed by atoms with E-state index in [1.54, 1.807) is 4.57 Å². The molecule has 0 aliphatic carbocycles. The minimum absolute atomic E-state index is 0.118. The Kier molecular flexibility index (Phi) is 2.61. The van der Waals surface area contributed by atoms with Crippen LogP contribution in [0.1, 0.15) is 42.0 Å². The number of nitriles is 1. The zero-order chi connectivity index (χ0) is 11.0. The van der Waals surface area contributed by atoms with Gasteiger partial charge >= 0.3 is 0 Å². The molecule has 15 heavy (non-hydrogen) atoms. The van der Waals surface area contributed by atoms with E-state index < -0.39 is 0 Å². The van der Waals surface area contributed by atoms with Crippen LogP contribution in [0, 0.1) is 11.3 Å². The molecule has 0 spiro atoms. The SMILES string of the molecule is CC1CCC(Br)c2ncc(C#N)c(=O)n21. The van der Waals surface area contributed by atoms with E-state index in [0.29, 0.717) is 0 Å². The summed E-state index contributed by atoms with van der Waals surface area (Å²) in [6.45, 7) is 1.98. The van der Waals surface area contributed by atoms with Crippen molar-refractivity contribution in [1.29, 1.82) is 5.26 Å². The smallest absolute Gasteiger partial charge is 0.271 e. The number of hydrogen-bond donors (Lipinski definition) is 0. The minimum atomic E-state index is -0.223. The van der Waals surface area contributed by atoms with Crippen LogP contribution < -0.4 is 5.56 Å². The number of fused-ring (bicyclic) bond motifs is 1. The number of nitrogens with zero attached hydrogens (tertiary/aromatic N) is 3. The van der Waals surface area contributed by atoms with Gasteiger partial charge in [0.1, 0.15) is 17.5 Å². The van der Waals surface area contributed by atoms with E-state index in [1.165, 1.54) is 6.20 Å². The summed E-state index contributed by atoms with van der Waals surface area (Å²) in [6.07, 6.45) is 3.26. The van der Waals surface area contributed by atoms with Crippen LogP contribution in [0.4, 0.5) is 0 Å². The molecule has 2 atom stereocenters.